The van der Waals surface area contributed by atoms with E-state index in [1.54, 1.807) is 31.3 Å². The van der Waals surface area contributed by atoms with Gasteiger partial charge in [0.2, 0.25) is 0 Å². The van der Waals surface area contributed by atoms with Gasteiger partial charge in [0.25, 0.3) is 5.91 Å². The summed E-state index contributed by atoms with van der Waals surface area (Å²) in [6.45, 7) is 3.25. The smallest absolute Gasteiger partial charge is 0.337 e. The summed E-state index contributed by atoms with van der Waals surface area (Å²) in [5, 5.41) is 14.8. The van der Waals surface area contributed by atoms with Crippen LogP contribution in [0.15, 0.2) is 53.8 Å². The van der Waals surface area contributed by atoms with Crippen LogP contribution in [-0.4, -0.2) is 38.4 Å². The summed E-state index contributed by atoms with van der Waals surface area (Å²) in [5.41, 5.74) is 5.91. The normalized spacial score (nSPS) is 11.7. The molecule has 2 heterocycles. The van der Waals surface area contributed by atoms with Crippen LogP contribution in [0.25, 0.3) is 21.8 Å². The van der Waals surface area contributed by atoms with Crippen LogP contribution in [0.1, 0.15) is 50.6 Å². The number of Topliss-reactive ketones (excluding diaryl/α,β-unsaturated/α-hetero) is 1. The number of hydrogen-bond donors (Lipinski definition) is 4. The molecule has 2 aromatic carbocycles. The van der Waals surface area contributed by atoms with Crippen LogP contribution >= 0.6 is 0 Å². The molecule has 0 bridgehead atoms. The van der Waals surface area contributed by atoms with Crippen molar-refractivity contribution < 1.29 is 19.5 Å². The highest BCUT2D eigenvalue weighted by atomic mass is 16.4. The van der Waals surface area contributed by atoms with Crippen LogP contribution in [-0.2, 0) is 0 Å². The number of carbonyl (C=O) groups is 3. The maximum absolute atomic E-state index is 12.5. The summed E-state index contributed by atoms with van der Waals surface area (Å²) in [5.74, 6) is -1.61. The number of carboxylic acids is 1. The van der Waals surface area contributed by atoms with Crippen molar-refractivity contribution in [2.24, 2.45) is 5.10 Å². The van der Waals surface area contributed by atoms with E-state index in [1.807, 2.05) is 18.2 Å². The fourth-order valence-electron chi connectivity index (χ4n) is 3.35. The van der Waals surface area contributed by atoms with Crippen LogP contribution in [0.4, 0.5) is 0 Å². The largest absolute Gasteiger partial charge is 0.478 e. The summed E-state index contributed by atoms with van der Waals surface area (Å²) in [6, 6.07) is 11.9. The summed E-state index contributed by atoms with van der Waals surface area (Å²) in [7, 11) is 0. The number of ketones is 1. The average Bonchev–Trinajstić information content (AvgIpc) is 3.34. The summed E-state index contributed by atoms with van der Waals surface area (Å²) in [4.78, 5) is 41.5. The van der Waals surface area contributed by atoms with Crippen LogP contribution in [0, 0.1) is 0 Å². The van der Waals surface area contributed by atoms with Gasteiger partial charge in [-0.05, 0) is 43.7 Å². The second kappa shape index (κ2) is 7.32. The maximum Gasteiger partial charge on any atom is 0.337 e. The van der Waals surface area contributed by atoms with Gasteiger partial charge in [0.15, 0.2) is 5.78 Å². The first-order valence-electron chi connectivity index (χ1n) is 9.17. The molecule has 0 aliphatic carbocycles. The number of carbonyl (C=O) groups excluding carboxylic acids is 2. The van der Waals surface area contributed by atoms with Crippen molar-refractivity contribution in [2.75, 3.05) is 0 Å². The van der Waals surface area contributed by atoms with E-state index >= 15 is 0 Å². The maximum atomic E-state index is 12.5. The summed E-state index contributed by atoms with van der Waals surface area (Å²) in [6.07, 6.45) is 1.67. The quantitative estimate of drug-likeness (QED) is 0.230. The molecule has 0 aliphatic heterocycles. The lowest BCUT2D eigenvalue weighted by Gasteiger charge is -2.03. The van der Waals surface area contributed by atoms with Gasteiger partial charge in [-0.15, -0.1) is 0 Å². The van der Waals surface area contributed by atoms with Gasteiger partial charge in [0, 0.05) is 28.0 Å². The van der Waals surface area contributed by atoms with Gasteiger partial charge in [-0.25, -0.2) is 10.2 Å². The standard InChI is InChI=1S/C22H18N4O4/c1-11(13-6-7-18-16(8-13)17(10-23-18)12(2)27)25-26-21(28)19-9-14-4-3-5-15(22(29)30)20(14)24-19/h3-10,23-24H,1-2H3,(H,26,28)(H,29,30)/b25-11+. The van der Waals surface area contributed by atoms with Crippen molar-refractivity contribution >= 4 is 45.2 Å². The molecule has 0 saturated carbocycles. The molecule has 0 spiro atoms. The lowest BCUT2D eigenvalue weighted by Crippen LogP contribution is -2.19. The SMILES string of the molecule is CC(=O)c1c[nH]c2ccc(/C(C)=N/NC(=O)c3cc4cccc(C(=O)O)c4[nH]3)cc12. The van der Waals surface area contributed by atoms with Gasteiger partial charge in [-0.2, -0.15) is 5.10 Å². The predicted molar refractivity (Wildman–Crippen MR) is 113 cm³/mol. The second-order valence-electron chi connectivity index (χ2n) is 6.92. The minimum atomic E-state index is -1.08. The Labute approximate surface area is 170 Å². The Morgan fingerprint density at radius 2 is 1.83 bits per heavy atom. The number of nitrogens with zero attached hydrogens (tertiary/aromatic N) is 1. The van der Waals surface area contributed by atoms with Crippen LogP contribution in [0.3, 0.4) is 0 Å². The Hall–Kier alpha value is -4.20. The van der Waals surface area contributed by atoms with E-state index in [0.29, 0.717) is 22.2 Å². The molecule has 2 aromatic heterocycles. The van der Waals surface area contributed by atoms with E-state index in [9.17, 15) is 19.5 Å². The number of carboxylic acid groups (broad SMARTS) is 1. The molecule has 1 amide bonds. The Kier molecular flexibility index (Phi) is 4.67. The van der Waals surface area contributed by atoms with Gasteiger partial charge in [0.05, 0.1) is 16.8 Å². The number of para-hydroxylation sites is 1. The lowest BCUT2D eigenvalue weighted by atomic mass is 10.1. The number of aromatic nitrogens is 2. The van der Waals surface area contributed by atoms with E-state index in [2.05, 4.69) is 20.5 Å². The molecule has 0 unspecified atom stereocenters. The van der Waals surface area contributed by atoms with Crippen molar-refractivity contribution in [3.63, 3.8) is 0 Å². The number of nitrogens with one attached hydrogen (secondary N) is 3. The van der Waals surface area contributed by atoms with Gasteiger partial charge in [0.1, 0.15) is 5.69 Å². The lowest BCUT2D eigenvalue weighted by molar-refractivity contribution is 0.0698. The fourth-order valence-corrected chi connectivity index (χ4v) is 3.35. The van der Waals surface area contributed by atoms with E-state index in [4.69, 9.17) is 0 Å². The Bertz CT molecular complexity index is 1360. The van der Waals surface area contributed by atoms with E-state index in [0.717, 1.165) is 16.5 Å². The zero-order valence-corrected chi connectivity index (χ0v) is 16.2. The zero-order valence-electron chi connectivity index (χ0n) is 16.2. The first-order valence-corrected chi connectivity index (χ1v) is 9.17. The number of benzene rings is 2. The molecular weight excluding hydrogens is 384 g/mol. The fraction of sp³-hybridized carbons (Fsp3) is 0.0909. The monoisotopic (exact) mass is 402 g/mol. The molecule has 0 atom stereocenters. The number of hydrazone groups is 1. The van der Waals surface area contributed by atoms with E-state index in [1.165, 1.54) is 13.0 Å². The number of aromatic amines is 2. The second-order valence-corrected chi connectivity index (χ2v) is 6.92. The number of amides is 1. The highest BCUT2D eigenvalue weighted by molar-refractivity contribution is 6.10. The Morgan fingerprint density at radius 1 is 1.03 bits per heavy atom. The molecule has 8 nitrogen and oxygen atoms in total. The Morgan fingerprint density at radius 3 is 2.57 bits per heavy atom. The van der Waals surface area contributed by atoms with Gasteiger partial charge in [-0.1, -0.05) is 18.2 Å². The molecule has 8 heteroatoms. The highest BCUT2D eigenvalue weighted by Gasteiger charge is 2.15. The number of aromatic carboxylic acids is 1. The van der Waals surface area contributed by atoms with Crippen LogP contribution in [0.5, 0.6) is 0 Å². The van der Waals surface area contributed by atoms with Crippen molar-refractivity contribution in [1.29, 1.82) is 0 Å². The third-order valence-electron chi connectivity index (χ3n) is 4.94. The third kappa shape index (κ3) is 3.35. The van der Waals surface area contributed by atoms with Crippen molar-refractivity contribution in [1.82, 2.24) is 15.4 Å². The number of H-pyrrole nitrogens is 2. The molecule has 150 valence electrons. The molecule has 30 heavy (non-hydrogen) atoms. The minimum absolute atomic E-state index is 0.0409. The molecule has 0 saturated heterocycles. The average molecular weight is 402 g/mol. The minimum Gasteiger partial charge on any atom is -0.478 e. The van der Waals surface area contributed by atoms with Gasteiger partial charge in [-0.3, -0.25) is 9.59 Å². The molecule has 0 aliphatic rings. The molecule has 4 N–H and O–H groups in total. The number of hydrogen-bond acceptors (Lipinski definition) is 4. The molecule has 0 radical (unpaired) electrons. The molecule has 4 rings (SSSR count). The van der Waals surface area contributed by atoms with Crippen LogP contribution < -0.4 is 5.43 Å². The summed E-state index contributed by atoms with van der Waals surface area (Å²) < 4.78 is 0. The molecule has 4 aromatic rings. The topological polar surface area (TPSA) is 127 Å². The van der Waals surface area contributed by atoms with Gasteiger partial charge >= 0.3 is 5.97 Å². The van der Waals surface area contributed by atoms with Crippen LogP contribution in [0.2, 0.25) is 0 Å². The summed E-state index contributed by atoms with van der Waals surface area (Å²) >= 11 is 0. The zero-order chi connectivity index (χ0) is 21.4. The van der Waals surface area contributed by atoms with E-state index < -0.39 is 11.9 Å². The van der Waals surface area contributed by atoms with E-state index in [-0.39, 0.29) is 17.0 Å². The first-order chi connectivity index (χ1) is 14.3. The first kappa shape index (κ1) is 19.1. The Balaban J connectivity index is 1.59. The molecule has 0 fully saturated rings. The van der Waals surface area contributed by atoms with Crippen molar-refractivity contribution in [2.45, 2.75) is 13.8 Å². The van der Waals surface area contributed by atoms with Crippen molar-refractivity contribution in [3.8, 4) is 0 Å². The molecular formula is C22H18N4O4. The highest BCUT2D eigenvalue weighted by Crippen LogP contribution is 2.21. The van der Waals surface area contributed by atoms with Gasteiger partial charge < -0.3 is 15.1 Å². The number of rotatable bonds is 5. The van der Waals surface area contributed by atoms with Crippen molar-refractivity contribution in [3.05, 3.63) is 71.0 Å². The third-order valence-corrected chi connectivity index (χ3v) is 4.94. The predicted octanol–water partition coefficient (Wildman–Crippen LogP) is 3.70. The number of fused-ring (bicyclic) bond motifs is 2.